The van der Waals surface area contributed by atoms with Gasteiger partial charge in [-0.15, -0.1) is 11.3 Å². The molecule has 0 radical (unpaired) electrons. The van der Waals surface area contributed by atoms with Crippen molar-refractivity contribution in [1.29, 1.82) is 5.26 Å². The molecule has 0 aliphatic carbocycles. The van der Waals surface area contributed by atoms with E-state index in [1.807, 2.05) is 24.3 Å². The molecule has 1 aromatic carbocycles. The second-order valence-corrected chi connectivity index (χ2v) is 6.99. The normalized spacial score (nSPS) is 10.1. The Bertz CT molecular complexity index is 848. The van der Waals surface area contributed by atoms with Crippen molar-refractivity contribution in [1.82, 2.24) is 4.90 Å². The Kier molecular flexibility index (Phi) is 6.36. The summed E-state index contributed by atoms with van der Waals surface area (Å²) < 4.78 is 5.11. The highest BCUT2D eigenvalue weighted by Crippen LogP contribution is 2.33. The Morgan fingerprint density at radius 2 is 1.92 bits per heavy atom. The van der Waals surface area contributed by atoms with Crippen LogP contribution in [0.4, 0.5) is 5.00 Å². The molecule has 0 saturated heterocycles. The third-order valence-corrected chi connectivity index (χ3v) is 5.11. The number of rotatable bonds is 6. The zero-order valence-corrected chi connectivity index (χ0v) is 16.1. The number of amides is 2. The minimum Gasteiger partial charge on any atom is -0.497 e. The number of carbonyl (C=O) groups is 2. The van der Waals surface area contributed by atoms with Crippen molar-refractivity contribution in [3.8, 4) is 11.8 Å². The van der Waals surface area contributed by atoms with Crippen LogP contribution in [-0.4, -0.2) is 37.9 Å². The zero-order chi connectivity index (χ0) is 19.3. The quantitative estimate of drug-likeness (QED) is 0.845. The molecule has 0 atom stereocenters. The van der Waals surface area contributed by atoms with Gasteiger partial charge in [-0.25, -0.2) is 0 Å². The minimum atomic E-state index is -0.192. The molecule has 0 unspecified atom stereocenters. The first kappa shape index (κ1) is 19.5. The Morgan fingerprint density at radius 3 is 2.46 bits per heavy atom. The van der Waals surface area contributed by atoms with E-state index in [2.05, 4.69) is 11.4 Å². The molecule has 0 saturated carbocycles. The van der Waals surface area contributed by atoms with E-state index >= 15 is 0 Å². The van der Waals surface area contributed by atoms with Crippen LogP contribution in [0.25, 0.3) is 0 Å². The summed E-state index contributed by atoms with van der Waals surface area (Å²) >= 11 is 1.14. The minimum absolute atomic E-state index is 0.178. The Balaban J connectivity index is 2.07. The van der Waals surface area contributed by atoms with E-state index < -0.39 is 0 Å². The van der Waals surface area contributed by atoms with Crippen molar-refractivity contribution in [3.63, 3.8) is 0 Å². The molecular weight excluding hydrogens is 350 g/mol. The van der Waals surface area contributed by atoms with Crippen molar-refractivity contribution < 1.29 is 14.3 Å². The molecular formula is C19H21N3O3S. The van der Waals surface area contributed by atoms with Gasteiger partial charge in [0, 0.05) is 20.5 Å². The third-order valence-electron chi connectivity index (χ3n) is 3.91. The van der Waals surface area contributed by atoms with E-state index in [1.54, 1.807) is 28.1 Å². The lowest BCUT2D eigenvalue weighted by Crippen LogP contribution is -2.21. The smallest absolute Gasteiger partial charge is 0.263 e. The van der Waals surface area contributed by atoms with Gasteiger partial charge in [-0.2, -0.15) is 5.26 Å². The molecule has 1 aromatic heterocycles. The molecule has 26 heavy (non-hydrogen) atoms. The van der Waals surface area contributed by atoms with Crippen molar-refractivity contribution in [2.24, 2.45) is 0 Å². The molecule has 0 spiro atoms. The number of anilines is 1. The lowest BCUT2D eigenvalue weighted by molar-refractivity contribution is -0.116. The molecule has 1 N–H and O–H groups in total. The Morgan fingerprint density at radius 1 is 1.27 bits per heavy atom. The van der Waals surface area contributed by atoms with Gasteiger partial charge in [0.05, 0.1) is 17.6 Å². The van der Waals surface area contributed by atoms with E-state index in [9.17, 15) is 14.9 Å². The number of nitrogens with zero attached hydrogens (tertiary/aromatic N) is 2. The molecule has 6 nitrogen and oxygen atoms in total. The van der Waals surface area contributed by atoms with Crippen molar-refractivity contribution in [2.45, 2.75) is 19.8 Å². The van der Waals surface area contributed by atoms with Gasteiger partial charge in [0.15, 0.2) is 0 Å². The van der Waals surface area contributed by atoms with E-state index in [4.69, 9.17) is 4.74 Å². The van der Waals surface area contributed by atoms with Crippen molar-refractivity contribution in [2.75, 3.05) is 26.5 Å². The molecule has 2 aromatic rings. The van der Waals surface area contributed by atoms with Crippen LogP contribution in [0.3, 0.4) is 0 Å². The summed E-state index contributed by atoms with van der Waals surface area (Å²) in [6, 6.07) is 9.61. The molecule has 0 bridgehead atoms. The highest BCUT2D eigenvalue weighted by Gasteiger charge is 2.22. The van der Waals surface area contributed by atoms with Crippen molar-refractivity contribution >= 4 is 28.2 Å². The number of benzene rings is 1. The zero-order valence-electron chi connectivity index (χ0n) is 15.3. The first-order valence-corrected chi connectivity index (χ1v) is 8.87. The third kappa shape index (κ3) is 4.41. The summed E-state index contributed by atoms with van der Waals surface area (Å²) in [5, 5.41) is 12.6. The lowest BCUT2D eigenvalue weighted by atomic mass is 10.1. The summed E-state index contributed by atoms with van der Waals surface area (Å²) in [6.45, 7) is 1.72. The van der Waals surface area contributed by atoms with Gasteiger partial charge >= 0.3 is 0 Å². The van der Waals surface area contributed by atoms with Gasteiger partial charge in [0.2, 0.25) is 5.91 Å². The van der Waals surface area contributed by atoms with Crippen molar-refractivity contribution in [3.05, 3.63) is 45.8 Å². The van der Waals surface area contributed by atoms with Gasteiger partial charge in [-0.3, -0.25) is 9.59 Å². The molecule has 0 aliphatic heterocycles. The number of nitrogens with one attached hydrogen (secondary N) is 1. The van der Waals surface area contributed by atoms with E-state index in [0.29, 0.717) is 27.4 Å². The number of nitriles is 1. The predicted octanol–water partition coefficient (Wildman–Crippen LogP) is 3.21. The van der Waals surface area contributed by atoms with E-state index in [1.165, 1.54) is 4.90 Å². The first-order valence-electron chi connectivity index (χ1n) is 8.05. The average Bonchev–Trinajstić information content (AvgIpc) is 2.94. The predicted molar refractivity (Wildman–Crippen MR) is 102 cm³/mol. The van der Waals surface area contributed by atoms with Crippen LogP contribution in [0.2, 0.25) is 0 Å². The Hall–Kier alpha value is -2.85. The largest absolute Gasteiger partial charge is 0.497 e. The summed E-state index contributed by atoms with van der Waals surface area (Å²) in [7, 11) is 4.91. The molecule has 136 valence electrons. The first-order chi connectivity index (χ1) is 12.4. The monoisotopic (exact) mass is 371 g/mol. The fraction of sp³-hybridized carbons (Fsp3) is 0.316. The fourth-order valence-corrected chi connectivity index (χ4v) is 3.58. The number of hydrogen-bond acceptors (Lipinski definition) is 5. The molecule has 1 heterocycles. The Labute approximate surface area is 157 Å². The van der Waals surface area contributed by atoms with Crippen LogP contribution in [-0.2, 0) is 11.2 Å². The van der Waals surface area contributed by atoms with Crippen LogP contribution < -0.4 is 10.1 Å². The molecule has 2 amide bonds. The summed E-state index contributed by atoms with van der Waals surface area (Å²) in [6.07, 6.45) is 0.858. The van der Waals surface area contributed by atoms with Gasteiger partial charge < -0.3 is 15.0 Å². The van der Waals surface area contributed by atoms with Crippen LogP contribution in [0.1, 0.15) is 32.8 Å². The lowest BCUT2D eigenvalue weighted by Gasteiger charge is -2.08. The standard InChI is InChI=1S/C19H21N3O3S/c1-12-15(11-20)18(26-17(12)19(24)22(2)3)21-16(23)10-7-13-5-8-14(25-4)9-6-13/h5-6,8-9H,7,10H2,1-4H3,(H,21,23). The number of hydrogen-bond donors (Lipinski definition) is 1. The molecule has 7 heteroatoms. The maximum atomic E-state index is 12.3. The fourth-order valence-electron chi connectivity index (χ4n) is 2.38. The molecule has 2 rings (SSSR count). The summed E-state index contributed by atoms with van der Waals surface area (Å²) in [5.74, 6) is 0.397. The van der Waals surface area contributed by atoms with E-state index in [-0.39, 0.29) is 18.2 Å². The van der Waals surface area contributed by atoms with Gasteiger partial charge in [0.25, 0.3) is 5.91 Å². The topological polar surface area (TPSA) is 82.4 Å². The number of carbonyl (C=O) groups excluding carboxylic acids is 2. The van der Waals surface area contributed by atoms with Crippen LogP contribution in [0.5, 0.6) is 5.75 Å². The molecule has 0 fully saturated rings. The number of methoxy groups -OCH3 is 1. The second-order valence-electron chi connectivity index (χ2n) is 5.97. The highest BCUT2D eigenvalue weighted by molar-refractivity contribution is 7.18. The second kappa shape index (κ2) is 8.50. The number of ether oxygens (including phenoxy) is 1. The number of thiophene rings is 1. The van der Waals surface area contributed by atoms with Crippen LogP contribution >= 0.6 is 11.3 Å². The maximum Gasteiger partial charge on any atom is 0.263 e. The summed E-state index contributed by atoms with van der Waals surface area (Å²) in [5.41, 5.74) is 1.96. The maximum absolute atomic E-state index is 12.3. The SMILES string of the molecule is COc1ccc(CCC(=O)Nc2sc(C(=O)N(C)C)c(C)c2C#N)cc1. The molecule has 0 aliphatic rings. The highest BCUT2D eigenvalue weighted by atomic mass is 32.1. The van der Waals surface area contributed by atoms with Gasteiger partial charge in [0.1, 0.15) is 16.8 Å². The van der Waals surface area contributed by atoms with Crippen LogP contribution in [0, 0.1) is 18.3 Å². The number of aryl methyl sites for hydroxylation is 1. The van der Waals surface area contributed by atoms with E-state index in [0.717, 1.165) is 22.6 Å². The summed E-state index contributed by atoms with van der Waals surface area (Å²) in [4.78, 5) is 26.4. The van der Waals surface area contributed by atoms with Gasteiger partial charge in [-0.05, 0) is 36.6 Å². The van der Waals surface area contributed by atoms with Gasteiger partial charge in [-0.1, -0.05) is 12.1 Å². The average molecular weight is 371 g/mol. The van der Waals surface area contributed by atoms with Crippen LogP contribution in [0.15, 0.2) is 24.3 Å².